The number of hydrogen-bond acceptors (Lipinski definition) is 4. The zero-order valence-corrected chi connectivity index (χ0v) is 10.6. The third-order valence-electron chi connectivity index (χ3n) is 2.36. The minimum Gasteiger partial charge on any atom is -0.491 e. The van der Waals surface area contributed by atoms with Crippen molar-refractivity contribution in [2.45, 2.75) is 19.4 Å². The number of rotatable bonds is 7. The predicted molar refractivity (Wildman–Crippen MR) is 66.0 cm³/mol. The van der Waals surface area contributed by atoms with E-state index >= 15 is 0 Å². The third kappa shape index (κ3) is 4.71. The second kappa shape index (κ2) is 7.66. The number of halogens is 1. The van der Waals surface area contributed by atoms with Gasteiger partial charge in [-0.25, -0.2) is 4.39 Å². The van der Waals surface area contributed by atoms with Crippen molar-refractivity contribution >= 4 is 5.97 Å². The first-order valence-electron chi connectivity index (χ1n) is 5.87. The van der Waals surface area contributed by atoms with Crippen LogP contribution in [0.5, 0.6) is 5.75 Å². The molecule has 0 aliphatic rings. The smallest absolute Gasteiger partial charge is 0.326 e. The van der Waals surface area contributed by atoms with Crippen LogP contribution in [0.4, 0.5) is 4.39 Å². The molecule has 0 aliphatic heterocycles. The van der Waals surface area contributed by atoms with Crippen molar-refractivity contribution in [2.75, 3.05) is 20.3 Å². The number of methoxy groups -OCH3 is 1. The molecule has 4 nitrogen and oxygen atoms in total. The zero-order valence-electron chi connectivity index (χ0n) is 10.6. The molecule has 0 aromatic heterocycles. The van der Waals surface area contributed by atoms with E-state index in [1.54, 1.807) is 0 Å². The molecule has 1 N–H and O–H groups in total. The summed E-state index contributed by atoms with van der Waals surface area (Å²) in [4.78, 5) is 11.5. The summed E-state index contributed by atoms with van der Waals surface area (Å²) in [5.74, 6) is -0.176. The molecular weight excluding hydrogens is 237 g/mol. The van der Waals surface area contributed by atoms with Gasteiger partial charge in [0.2, 0.25) is 0 Å². The van der Waals surface area contributed by atoms with Crippen LogP contribution in [0, 0.1) is 5.82 Å². The van der Waals surface area contributed by atoms with Crippen LogP contribution in [0.2, 0.25) is 0 Å². The molecule has 1 aromatic rings. The Morgan fingerprint density at radius 3 is 2.61 bits per heavy atom. The number of benzene rings is 1. The summed E-state index contributed by atoms with van der Waals surface area (Å²) in [6.07, 6.45) is 0.907. The summed E-state index contributed by atoms with van der Waals surface area (Å²) < 4.78 is 22.8. The lowest BCUT2D eigenvalue weighted by Crippen LogP contribution is -2.42. The van der Waals surface area contributed by atoms with Crippen molar-refractivity contribution in [3.63, 3.8) is 0 Å². The van der Waals surface area contributed by atoms with E-state index in [-0.39, 0.29) is 18.4 Å². The average molecular weight is 255 g/mol. The number of nitrogens with one attached hydrogen (secondary N) is 1. The molecule has 0 saturated carbocycles. The second-order valence-electron chi connectivity index (χ2n) is 3.79. The highest BCUT2D eigenvalue weighted by Gasteiger charge is 2.18. The minimum absolute atomic E-state index is 0.151. The molecular formula is C13H18FNO3. The molecule has 0 bridgehead atoms. The molecule has 5 heteroatoms. The Morgan fingerprint density at radius 2 is 2.06 bits per heavy atom. The predicted octanol–water partition coefficient (Wildman–Crippen LogP) is 1.75. The van der Waals surface area contributed by atoms with Gasteiger partial charge < -0.3 is 14.8 Å². The molecule has 0 fully saturated rings. The third-order valence-corrected chi connectivity index (χ3v) is 2.36. The number of carbonyl (C=O) groups is 1. The molecule has 0 heterocycles. The molecule has 1 rings (SSSR count). The van der Waals surface area contributed by atoms with Crippen LogP contribution in [-0.4, -0.2) is 32.3 Å². The molecule has 1 aromatic carbocycles. The topological polar surface area (TPSA) is 47.6 Å². The molecule has 0 amide bonds. The van der Waals surface area contributed by atoms with Crippen LogP contribution in [0.1, 0.15) is 13.3 Å². The average Bonchev–Trinajstić information content (AvgIpc) is 2.40. The Labute approximate surface area is 106 Å². The quantitative estimate of drug-likeness (QED) is 0.754. The number of carbonyl (C=O) groups excluding carboxylic acids is 1. The Bertz CT molecular complexity index is 367. The van der Waals surface area contributed by atoms with E-state index in [1.807, 2.05) is 6.92 Å². The van der Waals surface area contributed by atoms with Gasteiger partial charge in [-0.2, -0.15) is 0 Å². The van der Waals surface area contributed by atoms with Crippen LogP contribution in [0.25, 0.3) is 0 Å². The molecule has 0 saturated heterocycles. The zero-order chi connectivity index (χ0) is 13.4. The van der Waals surface area contributed by atoms with Crippen molar-refractivity contribution in [1.82, 2.24) is 5.32 Å². The Hall–Kier alpha value is -1.62. The van der Waals surface area contributed by atoms with Gasteiger partial charge in [-0.3, -0.25) is 4.79 Å². The van der Waals surface area contributed by atoms with Crippen molar-refractivity contribution in [2.24, 2.45) is 0 Å². The van der Waals surface area contributed by atoms with Crippen molar-refractivity contribution in [1.29, 1.82) is 0 Å². The first kappa shape index (κ1) is 14.4. The van der Waals surface area contributed by atoms with Gasteiger partial charge in [0.1, 0.15) is 24.2 Å². The molecule has 0 spiro atoms. The lowest BCUT2D eigenvalue weighted by Gasteiger charge is -2.16. The first-order chi connectivity index (χ1) is 8.67. The van der Waals surface area contributed by atoms with Crippen molar-refractivity contribution in [3.05, 3.63) is 30.1 Å². The van der Waals surface area contributed by atoms with E-state index in [2.05, 4.69) is 10.1 Å². The van der Waals surface area contributed by atoms with Crippen LogP contribution in [0.3, 0.4) is 0 Å². The van der Waals surface area contributed by atoms with E-state index < -0.39 is 6.04 Å². The fourth-order valence-electron chi connectivity index (χ4n) is 1.38. The van der Waals surface area contributed by atoms with Gasteiger partial charge in [0.15, 0.2) is 0 Å². The van der Waals surface area contributed by atoms with Gasteiger partial charge in [0.05, 0.1) is 7.11 Å². The summed E-state index contributed by atoms with van der Waals surface area (Å²) in [6, 6.07) is 5.14. The summed E-state index contributed by atoms with van der Waals surface area (Å²) in [7, 11) is 1.33. The lowest BCUT2D eigenvalue weighted by atomic mass is 10.3. The largest absolute Gasteiger partial charge is 0.491 e. The van der Waals surface area contributed by atoms with Crippen molar-refractivity contribution < 1.29 is 18.7 Å². The fourth-order valence-corrected chi connectivity index (χ4v) is 1.38. The van der Waals surface area contributed by atoms with E-state index in [9.17, 15) is 9.18 Å². The fraction of sp³-hybridized carbons (Fsp3) is 0.462. The van der Waals surface area contributed by atoms with Gasteiger partial charge in [-0.15, -0.1) is 0 Å². The molecule has 1 unspecified atom stereocenters. The van der Waals surface area contributed by atoms with Gasteiger partial charge in [-0.05, 0) is 37.2 Å². The van der Waals surface area contributed by atoms with Gasteiger partial charge in [0, 0.05) is 0 Å². The minimum atomic E-state index is -0.514. The highest BCUT2D eigenvalue weighted by Crippen LogP contribution is 2.11. The van der Waals surface area contributed by atoms with Gasteiger partial charge in [0.25, 0.3) is 0 Å². The van der Waals surface area contributed by atoms with Crippen LogP contribution < -0.4 is 10.1 Å². The van der Waals surface area contributed by atoms with Crippen LogP contribution >= 0.6 is 0 Å². The van der Waals surface area contributed by atoms with E-state index in [1.165, 1.54) is 31.4 Å². The SMILES string of the molecule is CCCNC(COc1ccc(F)cc1)C(=O)OC. The van der Waals surface area contributed by atoms with Gasteiger partial charge in [-0.1, -0.05) is 6.92 Å². The van der Waals surface area contributed by atoms with Gasteiger partial charge >= 0.3 is 5.97 Å². The number of ether oxygens (including phenoxy) is 2. The second-order valence-corrected chi connectivity index (χ2v) is 3.79. The van der Waals surface area contributed by atoms with Crippen molar-refractivity contribution in [3.8, 4) is 5.75 Å². The molecule has 18 heavy (non-hydrogen) atoms. The monoisotopic (exact) mass is 255 g/mol. The van der Waals surface area contributed by atoms with Crippen LogP contribution in [0.15, 0.2) is 24.3 Å². The molecule has 100 valence electrons. The number of hydrogen-bond donors (Lipinski definition) is 1. The lowest BCUT2D eigenvalue weighted by molar-refractivity contribution is -0.143. The normalized spacial score (nSPS) is 11.9. The molecule has 0 aliphatic carbocycles. The summed E-state index contributed by atoms with van der Waals surface area (Å²) in [5, 5.41) is 3.03. The standard InChI is InChI=1S/C13H18FNO3/c1-3-8-15-12(13(16)17-2)9-18-11-6-4-10(14)5-7-11/h4-7,12,15H,3,8-9H2,1-2H3. The first-order valence-corrected chi connectivity index (χ1v) is 5.87. The molecule has 1 atom stereocenters. The summed E-state index contributed by atoms with van der Waals surface area (Å²) >= 11 is 0. The van der Waals surface area contributed by atoms with E-state index in [4.69, 9.17) is 4.74 Å². The maximum absolute atomic E-state index is 12.7. The summed E-state index contributed by atoms with van der Waals surface area (Å²) in [5.41, 5.74) is 0. The van der Waals surface area contributed by atoms with E-state index in [0.29, 0.717) is 12.3 Å². The highest BCUT2D eigenvalue weighted by atomic mass is 19.1. The molecule has 0 radical (unpaired) electrons. The number of esters is 1. The van der Waals surface area contributed by atoms with Crippen LogP contribution in [-0.2, 0) is 9.53 Å². The Kier molecular flexibility index (Phi) is 6.14. The Morgan fingerprint density at radius 1 is 1.39 bits per heavy atom. The maximum Gasteiger partial charge on any atom is 0.326 e. The maximum atomic E-state index is 12.7. The highest BCUT2D eigenvalue weighted by molar-refractivity contribution is 5.75. The Balaban J connectivity index is 2.50. The summed E-state index contributed by atoms with van der Waals surface area (Å²) in [6.45, 7) is 2.85. The van der Waals surface area contributed by atoms with E-state index in [0.717, 1.165) is 6.42 Å².